The molecule has 5 nitrogen and oxygen atoms in total. The Morgan fingerprint density at radius 2 is 2.00 bits per heavy atom. The number of nitrogens with two attached hydrogens (primary N) is 1. The summed E-state index contributed by atoms with van der Waals surface area (Å²) in [5.74, 6) is 2.10. The van der Waals surface area contributed by atoms with E-state index in [0.717, 1.165) is 29.0 Å². The fourth-order valence-corrected chi connectivity index (χ4v) is 3.00. The summed E-state index contributed by atoms with van der Waals surface area (Å²) in [4.78, 5) is 8.08. The predicted molar refractivity (Wildman–Crippen MR) is 105 cm³/mol. The number of fused-ring (bicyclic) bond motifs is 1. The van der Waals surface area contributed by atoms with E-state index in [0.29, 0.717) is 28.4 Å². The number of aromatic nitrogens is 2. The Bertz CT molecular complexity index is 808. The van der Waals surface area contributed by atoms with Crippen molar-refractivity contribution in [3.63, 3.8) is 0 Å². The van der Waals surface area contributed by atoms with Gasteiger partial charge in [-0.05, 0) is 37.0 Å². The highest BCUT2D eigenvalue weighted by atomic mass is 35.5. The summed E-state index contributed by atoms with van der Waals surface area (Å²) in [5, 5.41) is 9.26. The molecule has 0 saturated heterocycles. The molecule has 0 aliphatic carbocycles. The summed E-state index contributed by atoms with van der Waals surface area (Å²) >= 11 is 7.22. The maximum Gasteiger partial charge on any atom is 0.181 e. The summed E-state index contributed by atoms with van der Waals surface area (Å²) in [6.07, 6.45) is 3.70. The van der Waals surface area contributed by atoms with Gasteiger partial charge in [-0.2, -0.15) is 0 Å². The number of nitrogen functional groups attached to an aromatic ring is 1. The van der Waals surface area contributed by atoms with Crippen LogP contribution in [0.5, 0.6) is 11.5 Å². The summed E-state index contributed by atoms with van der Waals surface area (Å²) in [6.45, 7) is 4.67. The maximum atomic E-state index is 8.32. The molecule has 3 rings (SSSR count). The smallest absolute Gasteiger partial charge is 0.181 e. The van der Waals surface area contributed by atoms with Crippen LogP contribution >= 0.6 is 22.9 Å². The van der Waals surface area contributed by atoms with Crippen LogP contribution < -0.4 is 10.5 Å². The Morgan fingerprint density at radius 1 is 1.24 bits per heavy atom. The average Bonchev–Trinajstić information content (AvgIpc) is 2.93. The quantitative estimate of drug-likeness (QED) is 0.600. The first-order chi connectivity index (χ1) is 12.0. The highest BCUT2D eigenvalue weighted by Crippen LogP contribution is 2.30. The third kappa shape index (κ3) is 6.49. The topological polar surface area (TPSA) is 81.3 Å². The first kappa shape index (κ1) is 19.4. The molecule has 2 aromatic heterocycles. The summed E-state index contributed by atoms with van der Waals surface area (Å²) in [5.41, 5.74) is 6.53. The molecule has 0 aliphatic heterocycles. The first-order valence-corrected chi connectivity index (χ1v) is 9.23. The van der Waals surface area contributed by atoms with Gasteiger partial charge in [0.2, 0.25) is 0 Å². The average molecular weight is 380 g/mol. The van der Waals surface area contributed by atoms with Gasteiger partial charge in [0.25, 0.3) is 0 Å². The van der Waals surface area contributed by atoms with Crippen LogP contribution in [0.4, 0.5) is 5.13 Å². The van der Waals surface area contributed by atoms with Crippen LogP contribution in [0.25, 0.3) is 10.2 Å². The monoisotopic (exact) mass is 379 g/mol. The van der Waals surface area contributed by atoms with E-state index in [1.165, 1.54) is 11.3 Å². The van der Waals surface area contributed by atoms with Crippen molar-refractivity contribution in [2.75, 3.05) is 12.3 Å². The van der Waals surface area contributed by atoms with Crippen molar-refractivity contribution in [3.8, 4) is 11.5 Å². The van der Waals surface area contributed by atoms with Gasteiger partial charge in [-0.25, -0.2) is 9.97 Å². The van der Waals surface area contributed by atoms with Gasteiger partial charge in [-0.3, -0.25) is 0 Å². The minimum absolute atomic E-state index is 0.345. The fourth-order valence-electron chi connectivity index (χ4n) is 2.07. The first-order valence-electron chi connectivity index (χ1n) is 8.04. The second kappa shape index (κ2) is 9.56. The van der Waals surface area contributed by atoms with Crippen LogP contribution in [-0.2, 0) is 0 Å². The molecule has 0 amide bonds. The molecule has 0 radical (unpaired) electrons. The Balaban J connectivity index is 0.000000277. The molecular weight excluding hydrogens is 358 g/mol. The van der Waals surface area contributed by atoms with Gasteiger partial charge in [-0.15, -0.1) is 0 Å². The third-order valence-electron chi connectivity index (χ3n) is 3.25. The molecule has 7 heteroatoms. The zero-order chi connectivity index (χ0) is 18.2. The van der Waals surface area contributed by atoms with Gasteiger partial charge in [0.05, 0.1) is 10.2 Å². The van der Waals surface area contributed by atoms with Crippen molar-refractivity contribution in [1.82, 2.24) is 9.97 Å². The van der Waals surface area contributed by atoms with Crippen molar-refractivity contribution >= 4 is 38.3 Å². The highest BCUT2D eigenvalue weighted by molar-refractivity contribution is 7.22. The number of halogens is 1. The number of anilines is 1. The van der Waals surface area contributed by atoms with E-state index >= 15 is 0 Å². The molecule has 3 N–H and O–H groups in total. The zero-order valence-corrected chi connectivity index (χ0v) is 15.8. The molecule has 2 heterocycles. The number of hydrogen-bond donors (Lipinski definition) is 2. The van der Waals surface area contributed by atoms with Crippen LogP contribution in [-0.4, -0.2) is 21.7 Å². The van der Waals surface area contributed by atoms with E-state index in [9.17, 15) is 0 Å². The number of benzene rings is 1. The number of aliphatic hydroxyl groups excluding tert-OH is 1. The van der Waals surface area contributed by atoms with E-state index in [2.05, 4.69) is 23.8 Å². The van der Waals surface area contributed by atoms with Crippen molar-refractivity contribution in [2.45, 2.75) is 26.7 Å². The Kier molecular flexibility index (Phi) is 7.43. The van der Waals surface area contributed by atoms with Crippen LogP contribution in [0.3, 0.4) is 0 Å². The molecular formula is C18H22ClN3O2S. The number of rotatable bonds is 5. The number of aliphatic hydroxyl groups is 1. The predicted octanol–water partition coefficient (Wildman–Crippen LogP) is 5.13. The summed E-state index contributed by atoms with van der Waals surface area (Å²) in [7, 11) is 0. The number of hydrogen-bond acceptors (Lipinski definition) is 6. The molecule has 25 heavy (non-hydrogen) atoms. The second-order valence-electron chi connectivity index (χ2n) is 5.86. The lowest BCUT2D eigenvalue weighted by atomic mass is 10.1. The van der Waals surface area contributed by atoms with Crippen LogP contribution in [0, 0.1) is 5.92 Å². The molecule has 0 atom stereocenters. The van der Waals surface area contributed by atoms with Gasteiger partial charge in [0.1, 0.15) is 16.7 Å². The van der Waals surface area contributed by atoms with Gasteiger partial charge >= 0.3 is 0 Å². The van der Waals surface area contributed by atoms with E-state index < -0.39 is 0 Å². The Hall–Kier alpha value is -1.89. The molecule has 0 aliphatic rings. The summed E-state index contributed by atoms with van der Waals surface area (Å²) < 4.78 is 6.68. The lowest BCUT2D eigenvalue weighted by molar-refractivity contribution is 0.276. The maximum absolute atomic E-state index is 8.32. The number of nitrogens with zero attached hydrogens (tertiary/aromatic N) is 2. The molecule has 3 aromatic rings. The second-order valence-corrected chi connectivity index (χ2v) is 7.31. The normalized spacial score (nSPS) is 10.6. The van der Waals surface area contributed by atoms with Crippen LogP contribution in [0.2, 0.25) is 5.15 Å². The van der Waals surface area contributed by atoms with Crippen molar-refractivity contribution < 1.29 is 9.84 Å². The molecule has 0 unspecified atom stereocenters. The zero-order valence-electron chi connectivity index (χ0n) is 14.3. The third-order valence-corrected chi connectivity index (χ3v) is 4.30. The molecule has 0 saturated carbocycles. The lowest BCUT2D eigenvalue weighted by Crippen LogP contribution is -1.89. The SMILES string of the molecule is CC(C)CCCO.Nc1nc2ccc(Oc3ccnc(Cl)c3)cc2s1. The Labute approximate surface area is 156 Å². The van der Waals surface area contributed by atoms with Gasteiger partial charge in [0.15, 0.2) is 5.13 Å². The van der Waals surface area contributed by atoms with Gasteiger partial charge in [0, 0.05) is 24.9 Å². The van der Waals surface area contributed by atoms with Crippen molar-refractivity contribution in [2.24, 2.45) is 5.92 Å². The highest BCUT2D eigenvalue weighted by Gasteiger charge is 2.04. The standard InChI is InChI=1S/C12H8ClN3OS.C6H14O/c13-11-6-8(3-4-15-11)17-7-1-2-9-10(5-7)18-12(14)16-9;1-6(2)4-3-5-7/h1-6H,(H2,14,16);6-7H,3-5H2,1-2H3. The number of pyridine rings is 1. The van der Waals surface area contributed by atoms with Crippen molar-refractivity contribution in [1.29, 1.82) is 0 Å². The molecule has 0 fully saturated rings. The van der Waals surface area contributed by atoms with E-state index in [1.54, 1.807) is 18.3 Å². The molecule has 0 spiro atoms. The van der Waals surface area contributed by atoms with Crippen LogP contribution in [0.15, 0.2) is 36.5 Å². The van der Waals surface area contributed by atoms with E-state index in [-0.39, 0.29) is 0 Å². The molecule has 1 aromatic carbocycles. The van der Waals surface area contributed by atoms with Crippen LogP contribution in [0.1, 0.15) is 26.7 Å². The summed E-state index contributed by atoms with van der Waals surface area (Å²) in [6, 6.07) is 9.03. The minimum Gasteiger partial charge on any atom is -0.457 e. The van der Waals surface area contributed by atoms with Crippen molar-refractivity contribution in [3.05, 3.63) is 41.7 Å². The van der Waals surface area contributed by atoms with Gasteiger partial charge < -0.3 is 15.6 Å². The van der Waals surface area contributed by atoms with E-state index in [1.807, 2.05) is 18.2 Å². The molecule has 0 bridgehead atoms. The van der Waals surface area contributed by atoms with Gasteiger partial charge in [-0.1, -0.05) is 36.8 Å². The lowest BCUT2D eigenvalue weighted by Gasteiger charge is -2.05. The molecule has 134 valence electrons. The fraction of sp³-hybridized carbons (Fsp3) is 0.333. The largest absolute Gasteiger partial charge is 0.457 e. The number of thiazole rings is 1. The Morgan fingerprint density at radius 3 is 2.64 bits per heavy atom. The number of ether oxygens (including phenoxy) is 1. The van der Waals surface area contributed by atoms with E-state index in [4.69, 9.17) is 27.2 Å². The minimum atomic E-state index is 0.345.